The Morgan fingerprint density at radius 2 is 1.36 bits per heavy atom. The van der Waals surface area contributed by atoms with Crippen LogP contribution in [-0.4, -0.2) is 9.08 Å². The van der Waals surface area contributed by atoms with Gasteiger partial charge in [0.15, 0.2) is 0 Å². The van der Waals surface area contributed by atoms with E-state index in [0.717, 1.165) is 24.3 Å². The summed E-state index contributed by atoms with van der Waals surface area (Å²) in [5.74, 6) is -0.646. The molecule has 0 spiro atoms. The van der Waals surface area contributed by atoms with E-state index in [4.69, 9.17) is 0 Å². The highest BCUT2D eigenvalue weighted by Gasteiger charge is 2.39. The number of halogens is 4. The average molecular weight is 180 g/mol. The van der Waals surface area contributed by atoms with Crippen molar-refractivity contribution in [1.82, 2.24) is 0 Å². The maximum absolute atomic E-state index is 12.1. The molecule has 0 atom stereocenters. The highest BCUT2D eigenvalue weighted by Crippen LogP contribution is 2.08. The predicted octanol–water partition coefficient (Wildman–Crippen LogP) is 1.88. The average Bonchev–Trinajstić information content (AvgIpc) is 1.86. The molecule has 1 aromatic rings. The van der Waals surface area contributed by atoms with E-state index in [-0.39, 0.29) is 0 Å². The largest absolute Gasteiger partial charge is 0.653 e. The van der Waals surface area contributed by atoms with Crippen molar-refractivity contribution in [3.8, 4) is 0 Å². The van der Waals surface area contributed by atoms with Crippen molar-refractivity contribution < 1.29 is 16.7 Å². The molecule has 0 nitrogen and oxygen atoms in total. The van der Waals surface area contributed by atoms with Crippen molar-refractivity contribution in [2.45, 2.75) is 0 Å². The van der Waals surface area contributed by atoms with Gasteiger partial charge in [-0.15, -0.1) is 0 Å². The topological polar surface area (TPSA) is 0 Å². The summed E-state index contributed by atoms with van der Waals surface area (Å²) in [6.07, 6.45) is 0. The highest BCUT2D eigenvalue weighted by atomic mass is 28.5. The minimum atomic E-state index is -5.72. The van der Waals surface area contributed by atoms with Crippen LogP contribution in [0.15, 0.2) is 24.3 Å². The first-order chi connectivity index (χ1) is 5.00. The van der Waals surface area contributed by atoms with Crippen LogP contribution in [0.5, 0.6) is 0 Å². The van der Waals surface area contributed by atoms with Crippen LogP contribution in [0.25, 0.3) is 0 Å². The van der Waals surface area contributed by atoms with Gasteiger partial charge in [-0.25, -0.2) is 16.7 Å². The zero-order valence-corrected chi connectivity index (χ0v) is 6.32. The van der Waals surface area contributed by atoms with Crippen LogP contribution in [0.1, 0.15) is 0 Å². The summed E-state index contributed by atoms with van der Waals surface area (Å²) in [4.78, 5) is 0. The van der Waals surface area contributed by atoms with E-state index in [1.54, 1.807) is 0 Å². The highest BCUT2D eigenvalue weighted by molar-refractivity contribution is 6.73. The fourth-order valence-electron chi connectivity index (χ4n) is 0.639. The summed E-state index contributed by atoms with van der Waals surface area (Å²) in [7, 11) is -5.72. The molecule has 0 N–H and O–H groups in total. The molecule has 1 aromatic carbocycles. The molecule has 0 amide bonds. The molecule has 60 valence electrons. The maximum atomic E-state index is 12.1. The minimum absolute atomic E-state index is 0.646. The first-order valence-corrected chi connectivity index (χ1v) is 4.46. The number of hydrogen-bond donors (Lipinski definition) is 0. The Morgan fingerprint density at radius 1 is 0.909 bits per heavy atom. The standard InChI is InChI=1S/C6H4F4Si/c7-5-1-3-6(4-2-5)11(8,9)10/h1-4H. The predicted molar refractivity (Wildman–Crippen MR) is 35.1 cm³/mol. The molecular formula is C6H4F4Si. The second-order valence-corrected chi connectivity index (χ2v) is 3.58. The lowest BCUT2D eigenvalue weighted by Gasteiger charge is -2.00. The van der Waals surface area contributed by atoms with Gasteiger partial charge in [0, 0.05) is 5.19 Å². The molecule has 0 fully saturated rings. The Bertz CT molecular complexity index is 238. The molecule has 5 heteroatoms. The first kappa shape index (κ1) is 8.26. The molecule has 0 aliphatic carbocycles. The van der Waals surface area contributed by atoms with Gasteiger partial charge in [-0.05, 0) is 12.1 Å². The van der Waals surface area contributed by atoms with Gasteiger partial charge in [0.2, 0.25) is 0 Å². The van der Waals surface area contributed by atoms with Gasteiger partial charge in [0.05, 0.1) is 0 Å². The molecule has 0 unspecified atom stereocenters. The second-order valence-electron chi connectivity index (χ2n) is 2.00. The Hall–Kier alpha value is -0.843. The number of hydrogen-bond acceptors (Lipinski definition) is 0. The molecule has 11 heavy (non-hydrogen) atoms. The van der Waals surface area contributed by atoms with E-state index < -0.39 is 20.1 Å². The van der Waals surface area contributed by atoms with Gasteiger partial charge in [0.1, 0.15) is 5.82 Å². The first-order valence-electron chi connectivity index (χ1n) is 2.83. The second kappa shape index (κ2) is 2.65. The van der Waals surface area contributed by atoms with Crippen molar-refractivity contribution in [3.05, 3.63) is 30.1 Å². The lowest BCUT2D eigenvalue weighted by Crippen LogP contribution is -2.33. The molecule has 0 bridgehead atoms. The Morgan fingerprint density at radius 3 is 1.73 bits per heavy atom. The zero-order chi connectivity index (χ0) is 8.48. The molecule has 0 aromatic heterocycles. The lowest BCUT2D eigenvalue weighted by atomic mass is 10.3. The number of rotatable bonds is 1. The van der Waals surface area contributed by atoms with Gasteiger partial charge in [-0.3, -0.25) is 0 Å². The van der Waals surface area contributed by atoms with Crippen molar-refractivity contribution in [3.63, 3.8) is 0 Å². The van der Waals surface area contributed by atoms with Crippen LogP contribution in [0.3, 0.4) is 0 Å². The van der Waals surface area contributed by atoms with Gasteiger partial charge < -0.3 is 0 Å². The maximum Gasteiger partial charge on any atom is 0.653 e. The molecular weight excluding hydrogens is 176 g/mol. The smallest absolute Gasteiger partial charge is 0.234 e. The van der Waals surface area contributed by atoms with Gasteiger partial charge in [0.25, 0.3) is 0 Å². The van der Waals surface area contributed by atoms with Crippen LogP contribution in [-0.2, 0) is 0 Å². The van der Waals surface area contributed by atoms with Crippen molar-refractivity contribution >= 4 is 14.3 Å². The molecule has 0 saturated carbocycles. The molecule has 0 radical (unpaired) electrons. The summed E-state index contributed by atoms with van der Waals surface area (Å²) in [5, 5.41) is -0.695. The van der Waals surface area contributed by atoms with Gasteiger partial charge in [-0.1, -0.05) is 12.1 Å². The van der Waals surface area contributed by atoms with Crippen LogP contribution >= 0.6 is 0 Å². The van der Waals surface area contributed by atoms with Crippen molar-refractivity contribution in [2.75, 3.05) is 0 Å². The molecule has 0 aliphatic rings. The normalized spacial score (nSPS) is 11.6. The lowest BCUT2D eigenvalue weighted by molar-refractivity contribution is 0.501. The Balaban J connectivity index is 2.99. The molecule has 0 heterocycles. The van der Waals surface area contributed by atoms with E-state index in [9.17, 15) is 16.7 Å². The fraction of sp³-hybridized carbons (Fsp3) is 0. The minimum Gasteiger partial charge on any atom is -0.234 e. The SMILES string of the molecule is Fc1ccc([Si](F)(F)F)cc1. The quantitative estimate of drug-likeness (QED) is 0.351. The van der Waals surface area contributed by atoms with E-state index >= 15 is 0 Å². The Kier molecular flexibility index (Phi) is 1.99. The van der Waals surface area contributed by atoms with Crippen LogP contribution in [0.2, 0.25) is 0 Å². The summed E-state index contributed by atoms with van der Waals surface area (Å²) in [6, 6.07) is 3.16. The zero-order valence-electron chi connectivity index (χ0n) is 5.32. The van der Waals surface area contributed by atoms with E-state index in [0.29, 0.717) is 0 Å². The Labute approximate surface area is 62.0 Å². The number of benzene rings is 1. The van der Waals surface area contributed by atoms with Crippen LogP contribution in [0, 0.1) is 5.82 Å². The van der Waals surface area contributed by atoms with E-state index in [1.807, 2.05) is 0 Å². The summed E-state index contributed by atoms with van der Waals surface area (Å²) in [5.41, 5.74) is 0. The van der Waals surface area contributed by atoms with Crippen molar-refractivity contribution in [1.29, 1.82) is 0 Å². The van der Waals surface area contributed by atoms with Gasteiger partial charge in [-0.2, -0.15) is 0 Å². The summed E-state index contributed by atoms with van der Waals surface area (Å²) in [6.45, 7) is 0. The molecule has 0 aliphatic heterocycles. The monoisotopic (exact) mass is 180 g/mol. The van der Waals surface area contributed by atoms with Crippen molar-refractivity contribution in [2.24, 2.45) is 0 Å². The summed E-state index contributed by atoms with van der Waals surface area (Å²) >= 11 is 0. The van der Waals surface area contributed by atoms with Crippen LogP contribution < -0.4 is 5.19 Å². The van der Waals surface area contributed by atoms with Crippen LogP contribution in [0.4, 0.5) is 16.7 Å². The third-order valence-electron chi connectivity index (χ3n) is 1.17. The van der Waals surface area contributed by atoms with E-state index in [1.165, 1.54) is 0 Å². The third-order valence-corrected chi connectivity index (χ3v) is 2.16. The molecule has 1 rings (SSSR count). The fourth-order valence-corrected chi connectivity index (χ4v) is 1.18. The van der Waals surface area contributed by atoms with Gasteiger partial charge >= 0.3 is 9.08 Å². The molecule has 0 saturated heterocycles. The summed E-state index contributed by atoms with van der Waals surface area (Å²) < 4.78 is 47.9. The third kappa shape index (κ3) is 2.04. The van der Waals surface area contributed by atoms with E-state index in [2.05, 4.69) is 0 Å².